The van der Waals surface area contributed by atoms with Gasteiger partial charge in [-0.3, -0.25) is 9.69 Å². The van der Waals surface area contributed by atoms with Gasteiger partial charge in [-0.05, 0) is 43.0 Å². The summed E-state index contributed by atoms with van der Waals surface area (Å²) >= 11 is 0. The molecule has 0 spiro atoms. The predicted molar refractivity (Wildman–Crippen MR) is 106 cm³/mol. The van der Waals surface area contributed by atoms with Crippen molar-refractivity contribution in [1.29, 1.82) is 0 Å². The fourth-order valence-electron chi connectivity index (χ4n) is 3.43. The van der Waals surface area contributed by atoms with Crippen molar-refractivity contribution < 1.29 is 14.3 Å². The van der Waals surface area contributed by atoms with Crippen LogP contribution in [-0.2, 0) is 22.6 Å². The molecule has 2 amide bonds. The van der Waals surface area contributed by atoms with Gasteiger partial charge in [0.25, 0.3) is 0 Å². The third kappa shape index (κ3) is 6.86. The van der Waals surface area contributed by atoms with Crippen LogP contribution in [0.4, 0.5) is 4.79 Å². The molecule has 6 nitrogen and oxygen atoms in total. The zero-order valence-electron chi connectivity index (χ0n) is 16.8. The van der Waals surface area contributed by atoms with E-state index in [4.69, 9.17) is 0 Å². The van der Waals surface area contributed by atoms with E-state index in [1.807, 2.05) is 26.0 Å². The van der Waals surface area contributed by atoms with Gasteiger partial charge in [-0.1, -0.05) is 51.0 Å². The molecule has 2 N–H and O–H groups in total. The number of hydrogen-bond acceptors (Lipinski definition) is 4. The average molecular weight is 376 g/mol. The molecular formula is C21H33N3O3. The third-order valence-corrected chi connectivity index (χ3v) is 5.07. The SMILES string of the molecule is COC(=O)NC(C(=O)NCc1ccccc1CN1CCCCCC1)C(C)C. The van der Waals surface area contributed by atoms with E-state index >= 15 is 0 Å². The summed E-state index contributed by atoms with van der Waals surface area (Å²) in [6, 6.07) is 7.63. The highest BCUT2D eigenvalue weighted by Crippen LogP contribution is 2.16. The second-order valence-corrected chi connectivity index (χ2v) is 7.53. The zero-order chi connectivity index (χ0) is 19.6. The third-order valence-electron chi connectivity index (χ3n) is 5.07. The molecule has 1 aliphatic heterocycles. The first-order chi connectivity index (χ1) is 13.0. The highest BCUT2D eigenvalue weighted by Gasteiger charge is 2.24. The van der Waals surface area contributed by atoms with Crippen molar-refractivity contribution in [2.75, 3.05) is 20.2 Å². The number of benzene rings is 1. The number of alkyl carbamates (subject to hydrolysis) is 1. The van der Waals surface area contributed by atoms with Crippen molar-refractivity contribution >= 4 is 12.0 Å². The Hall–Kier alpha value is -2.08. The van der Waals surface area contributed by atoms with Crippen LogP contribution in [-0.4, -0.2) is 43.1 Å². The first kappa shape index (κ1) is 21.2. The van der Waals surface area contributed by atoms with Crippen LogP contribution in [0.5, 0.6) is 0 Å². The zero-order valence-corrected chi connectivity index (χ0v) is 16.8. The minimum absolute atomic E-state index is 0.0311. The Balaban J connectivity index is 1.98. The Morgan fingerprint density at radius 2 is 1.70 bits per heavy atom. The Bertz CT molecular complexity index is 610. The Morgan fingerprint density at radius 1 is 1.07 bits per heavy atom. The minimum Gasteiger partial charge on any atom is -0.453 e. The van der Waals surface area contributed by atoms with Crippen LogP contribution in [0.15, 0.2) is 24.3 Å². The lowest BCUT2D eigenvalue weighted by molar-refractivity contribution is -0.124. The quantitative estimate of drug-likeness (QED) is 0.768. The second kappa shape index (κ2) is 10.9. The van der Waals surface area contributed by atoms with Gasteiger partial charge in [0, 0.05) is 13.1 Å². The smallest absolute Gasteiger partial charge is 0.407 e. The fraction of sp³-hybridized carbons (Fsp3) is 0.619. The second-order valence-electron chi connectivity index (χ2n) is 7.53. The van der Waals surface area contributed by atoms with Crippen molar-refractivity contribution in [3.8, 4) is 0 Å². The van der Waals surface area contributed by atoms with Crippen molar-refractivity contribution in [2.24, 2.45) is 5.92 Å². The highest BCUT2D eigenvalue weighted by atomic mass is 16.5. The molecule has 1 unspecified atom stereocenters. The molecule has 2 rings (SSSR count). The topological polar surface area (TPSA) is 70.7 Å². The van der Waals surface area contributed by atoms with Gasteiger partial charge in [-0.2, -0.15) is 0 Å². The molecule has 1 fully saturated rings. The van der Waals surface area contributed by atoms with Crippen molar-refractivity contribution in [1.82, 2.24) is 15.5 Å². The lowest BCUT2D eigenvalue weighted by Gasteiger charge is -2.23. The van der Waals surface area contributed by atoms with Gasteiger partial charge in [0.1, 0.15) is 6.04 Å². The van der Waals surface area contributed by atoms with E-state index in [0.717, 1.165) is 25.2 Å². The van der Waals surface area contributed by atoms with Crippen LogP contribution in [0, 0.1) is 5.92 Å². The first-order valence-corrected chi connectivity index (χ1v) is 9.92. The number of nitrogens with one attached hydrogen (secondary N) is 2. The Labute approximate surface area is 162 Å². The van der Waals surface area contributed by atoms with Crippen molar-refractivity contribution in [3.05, 3.63) is 35.4 Å². The standard InChI is InChI=1S/C21H33N3O3/c1-16(2)19(23-21(26)27-3)20(25)22-14-17-10-6-7-11-18(17)15-24-12-8-4-5-9-13-24/h6-7,10-11,16,19H,4-5,8-9,12-15H2,1-3H3,(H,22,25)(H,23,26). The number of carbonyl (C=O) groups is 2. The van der Waals surface area contributed by atoms with E-state index in [0.29, 0.717) is 6.54 Å². The number of hydrogen-bond donors (Lipinski definition) is 2. The van der Waals surface area contributed by atoms with Gasteiger partial charge in [0.05, 0.1) is 7.11 Å². The molecule has 0 aromatic heterocycles. The lowest BCUT2D eigenvalue weighted by atomic mass is 10.0. The average Bonchev–Trinajstić information content (AvgIpc) is 2.93. The maximum atomic E-state index is 12.6. The van der Waals surface area contributed by atoms with E-state index in [2.05, 4.69) is 32.4 Å². The summed E-state index contributed by atoms with van der Waals surface area (Å²) in [5.41, 5.74) is 2.37. The predicted octanol–water partition coefficient (Wildman–Crippen LogP) is 3.06. The monoisotopic (exact) mass is 375 g/mol. The van der Waals surface area contributed by atoms with Gasteiger partial charge in [0.15, 0.2) is 0 Å². The number of carbonyl (C=O) groups excluding carboxylic acids is 2. The Kier molecular flexibility index (Phi) is 8.58. The van der Waals surface area contributed by atoms with Crippen LogP contribution in [0.1, 0.15) is 50.7 Å². The highest BCUT2D eigenvalue weighted by molar-refractivity contribution is 5.85. The summed E-state index contributed by atoms with van der Waals surface area (Å²) in [5.74, 6) is -0.226. The number of ether oxygens (including phenoxy) is 1. The van der Waals surface area contributed by atoms with Gasteiger partial charge in [-0.15, -0.1) is 0 Å². The van der Waals surface area contributed by atoms with Gasteiger partial charge >= 0.3 is 6.09 Å². The summed E-state index contributed by atoms with van der Waals surface area (Å²) in [6.07, 6.45) is 4.56. The molecule has 1 aromatic rings. The normalized spacial score (nSPS) is 16.4. The van der Waals surface area contributed by atoms with E-state index in [1.54, 1.807) is 0 Å². The summed E-state index contributed by atoms with van der Waals surface area (Å²) in [4.78, 5) is 26.6. The van der Waals surface area contributed by atoms with Crippen LogP contribution < -0.4 is 10.6 Å². The molecule has 0 saturated carbocycles. The van der Waals surface area contributed by atoms with E-state index in [-0.39, 0.29) is 11.8 Å². The van der Waals surface area contributed by atoms with E-state index in [9.17, 15) is 9.59 Å². The summed E-state index contributed by atoms with van der Waals surface area (Å²) in [7, 11) is 1.30. The summed E-state index contributed by atoms with van der Waals surface area (Å²) in [5, 5.41) is 5.58. The number of amides is 2. The number of methoxy groups -OCH3 is 1. The Morgan fingerprint density at radius 3 is 2.30 bits per heavy atom. The number of likely N-dealkylation sites (tertiary alicyclic amines) is 1. The van der Waals surface area contributed by atoms with Gasteiger partial charge in [-0.25, -0.2) is 4.79 Å². The molecule has 1 atom stereocenters. The number of rotatable bonds is 7. The summed E-state index contributed by atoms with van der Waals surface area (Å²) in [6.45, 7) is 7.44. The van der Waals surface area contributed by atoms with Crippen LogP contribution >= 0.6 is 0 Å². The molecule has 1 aromatic carbocycles. The van der Waals surface area contributed by atoms with Crippen LogP contribution in [0.25, 0.3) is 0 Å². The number of nitrogens with zero attached hydrogens (tertiary/aromatic N) is 1. The molecule has 1 aliphatic rings. The molecule has 6 heteroatoms. The van der Waals surface area contributed by atoms with Crippen molar-refractivity contribution in [3.63, 3.8) is 0 Å². The first-order valence-electron chi connectivity index (χ1n) is 9.92. The largest absolute Gasteiger partial charge is 0.453 e. The molecule has 0 radical (unpaired) electrons. The molecule has 150 valence electrons. The minimum atomic E-state index is -0.616. The van der Waals surface area contributed by atoms with Crippen molar-refractivity contribution in [2.45, 2.75) is 58.7 Å². The van der Waals surface area contributed by atoms with Gasteiger partial charge < -0.3 is 15.4 Å². The molecule has 1 saturated heterocycles. The van der Waals surface area contributed by atoms with E-state index in [1.165, 1.54) is 38.4 Å². The molecular weight excluding hydrogens is 342 g/mol. The molecule has 1 heterocycles. The maximum absolute atomic E-state index is 12.6. The van der Waals surface area contributed by atoms with E-state index < -0.39 is 12.1 Å². The lowest BCUT2D eigenvalue weighted by Crippen LogP contribution is -2.49. The fourth-order valence-corrected chi connectivity index (χ4v) is 3.43. The molecule has 27 heavy (non-hydrogen) atoms. The van der Waals surface area contributed by atoms with Gasteiger partial charge in [0.2, 0.25) is 5.91 Å². The summed E-state index contributed by atoms with van der Waals surface area (Å²) < 4.78 is 4.62. The molecule has 0 bridgehead atoms. The maximum Gasteiger partial charge on any atom is 0.407 e. The van der Waals surface area contributed by atoms with Crippen LogP contribution in [0.2, 0.25) is 0 Å². The molecule has 0 aliphatic carbocycles. The van der Waals surface area contributed by atoms with Crippen LogP contribution in [0.3, 0.4) is 0 Å².